The van der Waals surface area contributed by atoms with E-state index in [9.17, 15) is 4.79 Å². The molecule has 2 aromatic heterocycles. The normalized spacial score (nSPS) is 11.2. The van der Waals surface area contributed by atoms with E-state index >= 15 is 0 Å². The molecule has 0 unspecified atom stereocenters. The van der Waals surface area contributed by atoms with Crippen LogP contribution in [0.3, 0.4) is 0 Å². The van der Waals surface area contributed by atoms with Gasteiger partial charge in [0.25, 0.3) is 0 Å². The Morgan fingerprint density at radius 3 is 2.47 bits per heavy atom. The number of para-hydroxylation sites is 2. The Hall–Kier alpha value is -3.06. The maximum Gasteiger partial charge on any atom is 0.237 e. The Balaban J connectivity index is 1.59. The average Bonchev–Trinajstić information content (AvgIpc) is 3.38. The molecule has 4 aromatic rings. The highest BCUT2D eigenvalue weighted by Crippen LogP contribution is 2.31. The molecule has 30 heavy (non-hydrogen) atoms. The number of nitrogens with zero attached hydrogens (tertiary/aromatic N) is 5. The lowest BCUT2D eigenvalue weighted by atomic mass is 10.1. The first-order chi connectivity index (χ1) is 14.6. The predicted molar refractivity (Wildman–Crippen MR) is 123 cm³/mol. The summed E-state index contributed by atoms with van der Waals surface area (Å²) in [5, 5.41) is 10.8. The van der Waals surface area contributed by atoms with Crippen LogP contribution in [0.2, 0.25) is 0 Å². The van der Waals surface area contributed by atoms with Gasteiger partial charge in [0, 0.05) is 48.5 Å². The molecule has 0 spiro atoms. The molecule has 0 aliphatic carbocycles. The molecule has 0 saturated carbocycles. The number of amides is 1. The number of carbonyl (C=O) groups excluding carboxylic acids is 1. The second-order valence-electron chi connectivity index (χ2n) is 6.97. The number of aromatic nitrogens is 4. The fraction of sp³-hybridized carbons (Fsp3) is 0.261. The Bertz CT molecular complexity index is 1170. The molecule has 2 aromatic carbocycles. The summed E-state index contributed by atoms with van der Waals surface area (Å²) in [7, 11) is 1.80. The number of rotatable bonds is 7. The van der Waals surface area contributed by atoms with Crippen molar-refractivity contribution in [2.24, 2.45) is 0 Å². The number of anilines is 1. The van der Waals surface area contributed by atoms with Crippen LogP contribution in [0.5, 0.6) is 0 Å². The van der Waals surface area contributed by atoms with Crippen LogP contribution >= 0.6 is 11.8 Å². The molecule has 0 aliphatic heterocycles. The Morgan fingerprint density at radius 1 is 1.00 bits per heavy atom. The molecule has 0 N–H and O–H groups in total. The van der Waals surface area contributed by atoms with Gasteiger partial charge in [-0.1, -0.05) is 48.2 Å². The van der Waals surface area contributed by atoms with Crippen molar-refractivity contribution in [3.8, 4) is 11.4 Å². The van der Waals surface area contributed by atoms with E-state index in [1.54, 1.807) is 11.9 Å². The van der Waals surface area contributed by atoms with Gasteiger partial charge in [-0.05, 0) is 32.0 Å². The van der Waals surface area contributed by atoms with Crippen molar-refractivity contribution in [3.63, 3.8) is 0 Å². The van der Waals surface area contributed by atoms with Crippen LogP contribution < -0.4 is 4.90 Å². The quantitative estimate of drug-likeness (QED) is 0.408. The molecular formula is C23H25N5OS. The number of hydrogen-bond acceptors (Lipinski definition) is 4. The summed E-state index contributed by atoms with van der Waals surface area (Å²) >= 11 is 1.43. The minimum atomic E-state index is 0.0287. The summed E-state index contributed by atoms with van der Waals surface area (Å²) in [4.78, 5) is 14.3. The van der Waals surface area contributed by atoms with Crippen molar-refractivity contribution in [3.05, 3.63) is 60.8 Å². The Kier molecular flexibility index (Phi) is 5.90. The average molecular weight is 420 g/mol. The molecule has 0 fully saturated rings. The van der Waals surface area contributed by atoms with Gasteiger partial charge in [-0.25, -0.2) is 0 Å². The molecule has 6 nitrogen and oxygen atoms in total. The molecule has 154 valence electrons. The van der Waals surface area contributed by atoms with Gasteiger partial charge in [0.1, 0.15) is 0 Å². The minimum Gasteiger partial charge on any atom is -0.347 e. The largest absolute Gasteiger partial charge is 0.347 e. The standard InChI is InChI=1S/C23H25N5OS/c1-4-27-15-19(18-13-9-10-14-20(18)27)22-24-25-23(28(22)5-2)30-16-21(29)26(3)17-11-7-6-8-12-17/h6-15H,4-5,16H2,1-3H3. The van der Waals surface area contributed by atoms with Crippen LogP contribution in [0.4, 0.5) is 5.69 Å². The monoisotopic (exact) mass is 419 g/mol. The fourth-order valence-corrected chi connectivity index (χ4v) is 4.50. The van der Waals surface area contributed by atoms with E-state index in [1.165, 1.54) is 17.3 Å². The maximum absolute atomic E-state index is 12.7. The van der Waals surface area contributed by atoms with Crippen molar-refractivity contribution in [1.82, 2.24) is 19.3 Å². The zero-order valence-corrected chi connectivity index (χ0v) is 18.3. The van der Waals surface area contributed by atoms with Crippen LogP contribution in [0, 0.1) is 0 Å². The summed E-state index contributed by atoms with van der Waals surface area (Å²) in [6, 6.07) is 18.0. The Labute approximate surface area is 180 Å². The molecule has 2 heterocycles. The van der Waals surface area contributed by atoms with E-state index in [0.29, 0.717) is 5.75 Å². The third kappa shape index (κ3) is 3.73. The molecule has 4 rings (SSSR count). The zero-order valence-electron chi connectivity index (χ0n) is 17.4. The van der Waals surface area contributed by atoms with Gasteiger partial charge < -0.3 is 14.0 Å². The number of carbonyl (C=O) groups is 1. The van der Waals surface area contributed by atoms with Crippen LogP contribution in [0.1, 0.15) is 13.8 Å². The SMILES string of the molecule is CCn1c(SCC(=O)N(C)c2ccccc2)nnc1-c1cn(CC)c2ccccc12. The number of aryl methyl sites for hydroxylation is 1. The van der Waals surface area contributed by atoms with Crippen molar-refractivity contribution >= 4 is 34.3 Å². The van der Waals surface area contributed by atoms with Gasteiger partial charge in [0.05, 0.1) is 5.75 Å². The van der Waals surface area contributed by atoms with Crippen molar-refractivity contribution in [2.45, 2.75) is 32.1 Å². The molecule has 0 radical (unpaired) electrons. The summed E-state index contributed by atoms with van der Waals surface area (Å²) in [5.74, 6) is 1.17. The summed E-state index contributed by atoms with van der Waals surface area (Å²) in [5.41, 5.74) is 3.14. The van der Waals surface area contributed by atoms with Gasteiger partial charge in [-0.15, -0.1) is 10.2 Å². The van der Waals surface area contributed by atoms with Gasteiger partial charge >= 0.3 is 0 Å². The van der Waals surface area contributed by atoms with E-state index in [0.717, 1.165) is 40.7 Å². The van der Waals surface area contributed by atoms with E-state index in [4.69, 9.17) is 0 Å². The molecule has 7 heteroatoms. The highest BCUT2D eigenvalue weighted by atomic mass is 32.2. The third-order valence-corrected chi connectivity index (χ3v) is 6.20. The van der Waals surface area contributed by atoms with E-state index in [1.807, 2.05) is 36.4 Å². The topological polar surface area (TPSA) is 56.0 Å². The number of hydrogen-bond donors (Lipinski definition) is 0. The van der Waals surface area contributed by atoms with E-state index in [2.05, 4.69) is 57.6 Å². The molecule has 0 bridgehead atoms. The molecular weight excluding hydrogens is 394 g/mol. The number of thioether (sulfide) groups is 1. The highest BCUT2D eigenvalue weighted by Gasteiger charge is 2.19. The first-order valence-corrected chi connectivity index (χ1v) is 11.1. The van der Waals surface area contributed by atoms with Crippen LogP contribution in [-0.4, -0.2) is 38.0 Å². The van der Waals surface area contributed by atoms with Crippen molar-refractivity contribution in [2.75, 3.05) is 17.7 Å². The fourth-order valence-electron chi connectivity index (χ4n) is 3.59. The van der Waals surface area contributed by atoms with Crippen LogP contribution in [-0.2, 0) is 17.9 Å². The van der Waals surface area contributed by atoms with E-state index < -0.39 is 0 Å². The van der Waals surface area contributed by atoms with Gasteiger partial charge in [-0.2, -0.15) is 0 Å². The molecule has 0 saturated heterocycles. The van der Waals surface area contributed by atoms with Gasteiger partial charge in [-0.3, -0.25) is 4.79 Å². The molecule has 0 atom stereocenters. The third-order valence-electron chi connectivity index (χ3n) is 5.25. The second-order valence-corrected chi connectivity index (χ2v) is 7.92. The first-order valence-electron chi connectivity index (χ1n) is 10.1. The van der Waals surface area contributed by atoms with Crippen molar-refractivity contribution in [1.29, 1.82) is 0 Å². The summed E-state index contributed by atoms with van der Waals surface area (Å²) < 4.78 is 4.31. The van der Waals surface area contributed by atoms with Crippen LogP contribution in [0.25, 0.3) is 22.3 Å². The highest BCUT2D eigenvalue weighted by molar-refractivity contribution is 7.99. The smallest absolute Gasteiger partial charge is 0.237 e. The van der Waals surface area contributed by atoms with Crippen molar-refractivity contribution < 1.29 is 4.79 Å². The first kappa shape index (κ1) is 20.2. The summed E-state index contributed by atoms with van der Waals surface area (Å²) in [6.45, 7) is 5.84. The van der Waals surface area contributed by atoms with Crippen LogP contribution in [0.15, 0.2) is 66.0 Å². The van der Waals surface area contributed by atoms with Gasteiger partial charge in [0.2, 0.25) is 5.91 Å². The lowest BCUT2D eigenvalue weighted by Crippen LogP contribution is -2.27. The number of benzene rings is 2. The number of fused-ring (bicyclic) bond motifs is 1. The van der Waals surface area contributed by atoms with E-state index in [-0.39, 0.29) is 5.91 Å². The second kappa shape index (κ2) is 8.75. The van der Waals surface area contributed by atoms with Gasteiger partial charge in [0.15, 0.2) is 11.0 Å². The zero-order chi connectivity index (χ0) is 21.1. The lowest BCUT2D eigenvalue weighted by molar-refractivity contribution is -0.115. The lowest BCUT2D eigenvalue weighted by Gasteiger charge is -2.16. The Morgan fingerprint density at radius 2 is 1.73 bits per heavy atom. The summed E-state index contributed by atoms with van der Waals surface area (Å²) in [6.07, 6.45) is 2.14. The molecule has 0 aliphatic rings. The molecule has 1 amide bonds. The predicted octanol–water partition coefficient (Wildman–Crippen LogP) is 4.69. The minimum absolute atomic E-state index is 0.0287. The maximum atomic E-state index is 12.7.